The van der Waals surface area contributed by atoms with Crippen LogP contribution in [0.4, 0.5) is 0 Å². The average Bonchev–Trinajstić information content (AvgIpc) is 3.65. The van der Waals surface area contributed by atoms with Crippen LogP contribution < -0.4 is 40.1 Å². The molecule has 0 fully saturated rings. The van der Waals surface area contributed by atoms with E-state index in [1.165, 1.54) is 11.8 Å². The minimum atomic E-state index is -1.46. The summed E-state index contributed by atoms with van der Waals surface area (Å²) in [6, 6.07) is 59.6. The molecule has 0 unspecified atom stereocenters. The average molecular weight is 696 g/mol. The quantitative estimate of drug-likeness (QED) is 0.0884. The van der Waals surface area contributed by atoms with Gasteiger partial charge in [0.2, 0.25) is 5.60 Å². The number of carbonyl (C=O) groups is 1. The Labute approximate surface area is 324 Å². The summed E-state index contributed by atoms with van der Waals surface area (Å²) < 4.78 is 0. The summed E-state index contributed by atoms with van der Waals surface area (Å²) >= 11 is 1.46. The van der Waals surface area contributed by atoms with Crippen LogP contribution in [0, 0.1) is 0 Å². The summed E-state index contributed by atoms with van der Waals surface area (Å²) in [6.45, 7) is 0. The number of carboxylic acids is 1. The molecule has 0 aliphatic carbocycles. The summed E-state index contributed by atoms with van der Waals surface area (Å²) in [5, 5.41) is 21.2. The molecule has 1 aliphatic rings. The molecule has 246 valence electrons. The molecule has 0 amide bonds. The minimum absolute atomic E-state index is 0. The number of aliphatic carboxylic acids is 1. The summed E-state index contributed by atoms with van der Waals surface area (Å²) in [5.74, 6) is -1.05. The van der Waals surface area contributed by atoms with Crippen molar-refractivity contribution in [3.63, 3.8) is 0 Å². The first kappa shape index (κ1) is 35.9. The molecular formula is C43H34N3NaO3S. The van der Waals surface area contributed by atoms with E-state index in [0.29, 0.717) is 11.6 Å². The van der Waals surface area contributed by atoms with Crippen molar-refractivity contribution in [3.05, 3.63) is 226 Å². The van der Waals surface area contributed by atoms with Gasteiger partial charge in [-0.15, -0.1) is 11.8 Å². The maximum absolute atomic E-state index is 13.1. The van der Waals surface area contributed by atoms with Crippen molar-refractivity contribution in [1.82, 2.24) is 10.4 Å². The molecule has 0 bridgehead atoms. The van der Waals surface area contributed by atoms with Gasteiger partial charge in [-0.1, -0.05) is 187 Å². The third kappa shape index (κ3) is 7.17. The Bertz CT molecular complexity index is 1890. The predicted molar refractivity (Wildman–Crippen MR) is 197 cm³/mol. The monoisotopic (exact) mass is 695 g/mol. The van der Waals surface area contributed by atoms with E-state index in [4.69, 9.17) is 4.84 Å². The SMILES string of the molecule is O=C([O-])C(=NOC(c1ccccc1)(c1ccccc1)c1ccccc1)C1=CSCN1NC(c1ccccc1)(c1ccccc1)c1ccccc1.[Na+]. The van der Waals surface area contributed by atoms with Crippen LogP contribution in [0.15, 0.2) is 198 Å². The number of oxime groups is 1. The van der Waals surface area contributed by atoms with Crippen LogP contribution in [-0.4, -0.2) is 22.6 Å². The zero-order chi connectivity index (χ0) is 34.2. The molecule has 1 N–H and O–H groups in total. The Morgan fingerprint density at radius 3 is 1.25 bits per heavy atom. The maximum atomic E-state index is 13.1. The summed E-state index contributed by atoms with van der Waals surface area (Å²) in [4.78, 5) is 19.7. The van der Waals surface area contributed by atoms with Gasteiger partial charge in [-0.25, -0.2) is 5.43 Å². The van der Waals surface area contributed by atoms with E-state index in [9.17, 15) is 9.90 Å². The molecular weight excluding hydrogens is 662 g/mol. The van der Waals surface area contributed by atoms with Crippen LogP contribution in [-0.2, 0) is 20.8 Å². The molecule has 6 aromatic rings. The van der Waals surface area contributed by atoms with Gasteiger partial charge in [-0.2, -0.15) is 0 Å². The molecule has 6 nitrogen and oxygen atoms in total. The molecule has 0 atom stereocenters. The molecule has 0 spiro atoms. The first-order valence-corrected chi connectivity index (χ1v) is 17.4. The van der Waals surface area contributed by atoms with E-state index in [0.717, 1.165) is 33.4 Å². The van der Waals surface area contributed by atoms with Crippen molar-refractivity contribution in [2.24, 2.45) is 5.16 Å². The zero-order valence-electron chi connectivity index (χ0n) is 28.1. The third-order valence-electron chi connectivity index (χ3n) is 8.86. The van der Waals surface area contributed by atoms with E-state index < -0.39 is 17.1 Å². The van der Waals surface area contributed by atoms with Crippen LogP contribution in [0.5, 0.6) is 0 Å². The van der Waals surface area contributed by atoms with Crippen LogP contribution in [0.1, 0.15) is 33.4 Å². The minimum Gasteiger partial charge on any atom is -0.543 e. The fraction of sp³-hybridized carbons (Fsp3) is 0.0698. The van der Waals surface area contributed by atoms with Gasteiger partial charge in [0.05, 0.1) is 17.5 Å². The molecule has 0 radical (unpaired) electrons. The Balaban J connectivity index is 0.00000448. The van der Waals surface area contributed by atoms with E-state index in [1.807, 2.05) is 151 Å². The zero-order valence-corrected chi connectivity index (χ0v) is 30.9. The van der Waals surface area contributed by atoms with E-state index >= 15 is 0 Å². The number of hydrogen-bond donors (Lipinski definition) is 1. The number of rotatable bonds is 12. The van der Waals surface area contributed by atoms with Crippen LogP contribution in [0.25, 0.3) is 0 Å². The Hall–Kier alpha value is -4.89. The normalized spacial score (nSPS) is 13.2. The van der Waals surface area contributed by atoms with Gasteiger partial charge < -0.3 is 14.7 Å². The molecule has 1 aliphatic heterocycles. The van der Waals surface area contributed by atoms with Crippen molar-refractivity contribution in [3.8, 4) is 0 Å². The standard InChI is InChI=1S/C43H35N3O3S.Na/c47-41(48)40(44-49-43(36-25-13-4-14-26-36,37-27-15-5-16-28-37)38-29-17-6-18-30-38)39-31-50-32-46(39)45-42(33-19-7-1-8-20-33,34-21-9-2-10-22-34)35-23-11-3-12-24-35;/h1-31,45H,32H2,(H,47,48);/q;+1/p-1. The number of thioether (sulfide) groups is 1. The van der Waals surface area contributed by atoms with Gasteiger partial charge in [0.25, 0.3) is 0 Å². The molecule has 0 saturated heterocycles. The van der Waals surface area contributed by atoms with E-state index in [1.54, 1.807) is 5.41 Å². The van der Waals surface area contributed by atoms with Crippen molar-refractivity contribution in [2.45, 2.75) is 11.1 Å². The molecule has 0 saturated carbocycles. The van der Waals surface area contributed by atoms with E-state index in [2.05, 4.69) is 47.0 Å². The van der Waals surface area contributed by atoms with Gasteiger partial charge in [0.1, 0.15) is 5.54 Å². The largest absolute Gasteiger partial charge is 1.00 e. The Kier molecular flexibility index (Phi) is 11.6. The second-order valence-electron chi connectivity index (χ2n) is 11.8. The third-order valence-corrected chi connectivity index (χ3v) is 9.66. The second kappa shape index (κ2) is 16.4. The molecule has 6 aromatic carbocycles. The fourth-order valence-corrected chi connectivity index (χ4v) is 7.36. The molecule has 51 heavy (non-hydrogen) atoms. The number of carbonyl (C=O) groups excluding carboxylic acids is 1. The topological polar surface area (TPSA) is 77.0 Å². The number of benzene rings is 6. The van der Waals surface area contributed by atoms with Crippen molar-refractivity contribution in [2.75, 3.05) is 5.88 Å². The number of nitrogens with zero attached hydrogens (tertiary/aromatic N) is 2. The number of hydrogen-bond acceptors (Lipinski definition) is 7. The molecule has 0 aromatic heterocycles. The fourth-order valence-electron chi connectivity index (χ4n) is 6.54. The van der Waals surface area contributed by atoms with E-state index in [-0.39, 0.29) is 35.3 Å². The number of nitrogens with one attached hydrogen (secondary N) is 1. The Morgan fingerprint density at radius 1 is 0.588 bits per heavy atom. The maximum Gasteiger partial charge on any atom is 1.00 e. The molecule has 7 rings (SSSR count). The number of carboxylic acid groups (broad SMARTS) is 1. The summed E-state index contributed by atoms with van der Waals surface area (Å²) in [6.07, 6.45) is 0. The van der Waals surface area contributed by atoms with Crippen LogP contribution in [0.3, 0.4) is 0 Å². The number of hydrazine groups is 1. The van der Waals surface area contributed by atoms with Gasteiger partial charge in [0.15, 0.2) is 5.71 Å². The van der Waals surface area contributed by atoms with Gasteiger partial charge >= 0.3 is 29.6 Å². The van der Waals surface area contributed by atoms with Crippen LogP contribution in [0.2, 0.25) is 0 Å². The van der Waals surface area contributed by atoms with Gasteiger partial charge in [0, 0.05) is 16.7 Å². The van der Waals surface area contributed by atoms with Crippen molar-refractivity contribution >= 4 is 23.4 Å². The predicted octanol–water partition coefficient (Wildman–Crippen LogP) is 4.45. The molecule has 8 heteroatoms. The van der Waals surface area contributed by atoms with Crippen LogP contribution >= 0.6 is 11.8 Å². The molecule has 1 heterocycles. The summed E-state index contributed by atoms with van der Waals surface area (Å²) in [7, 11) is 0. The Morgan fingerprint density at radius 2 is 0.922 bits per heavy atom. The van der Waals surface area contributed by atoms with Gasteiger partial charge in [-0.05, 0) is 22.1 Å². The second-order valence-corrected chi connectivity index (χ2v) is 12.6. The first-order chi connectivity index (χ1) is 24.6. The van der Waals surface area contributed by atoms with Gasteiger partial charge in [-0.3, -0.25) is 5.01 Å². The first-order valence-electron chi connectivity index (χ1n) is 16.3. The summed E-state index contributed by atoms with van der Waals surface area (Å²) in [5.41, 5.74) is 6.91. The smallest absolute Gasteiger partial charge is 0.543 e. The van der Waals surface area contributed by atoms with Crippen molar-refractivity contribution in [1.29, 1.82) is 0 Å². The van der Waals surface area contributed by atoms with Crippen molar-refractivity contribution < 1.29 is 44.3 Å².